The van der Waals surface area contributed by atoms with Gasteiger partial charge in [0, 0.05) is 18.4 Å². The maximum absolute atomic E-state index is 12.8. The van der Waals surface area contributed by atoms with Crippen LogP contribution in [-0.2, 0) is 6.54 Å². The lowest BCUT2D eigenvalue weighted by atomic mass is 9.63. The fraction of sp³-hybridized carbons (Fsp3) is 0.800. The predicted octanol–water partition coefficient (Wildman–Crippen LogP) is 3.97. The summed E-state index contributed by atoms with van der Waals surface area (Å²) in [7, 11) is 0. The molecule has 20 heavy (non-hydrogen) atoms. The van der Waals surface area contributed by atoms with Gasteiger partial charge in [-0.2, -0.15) is 8.78 Å². The molecule has 1 aromatic heterocycles. The average Bonchev–Trinajstić information content (AvgIpc) is 2.69. The average molecular weight is 285 g/mol. The highest BCUT2D eigenvalue weighted by Gasteiger charge is 2.38. The van der Waals surface area contributed by atoms with Crippen LogP contribution in [0.2, 0.25) is 0 Å². The van der Waals surface area contributed by atoms with Crippen molar-refractivity contribution >= 4 is 0 Å². The highest BCUT2D eigenvalue weighted by Crippen LogP contribution is 2.45. The minimum Gasteiger partial charge on any atom is -0.307 e. The van der Waals surface area contributed by atoms with Crippen LogP contribution in [0, 0.1) is 10.8 Å². The number of alkyl halides is 2. The van der Waals surface area contributed by atoms with Gasteiger partial charge in [-0.05, 0) is 30.1 Å². The Labute approximate surface area is 119 Å². The van der Waals surface area contributed by atoms with Crippen LogP contribution in [0.15, 0.2) is 12.4 Å². The van der Waals surface area contributed by atoms with Crippen molar-refractivity contribution in [1.82, 2.24) is 14.9 Å². The summed E-state index contributed by atoms with van der Waals surface area (Å²) in [5.41, 5.74) is 0.578. The number of halogens is 2. The maximum atomic E-state index is 12.8. The fourth-order valence-corrected chi connectivity index (χ4v) is 3.88. The molecule has 3 nitrogen and oxygen atoms in total. The van der Waals surface area contributed by atoms with Crippen LogP contribution in [-0.4, -0.2) is 15.6 Å². The van der Waals surface area contributed by atoms with E-state index in [1.165, 1.54) is 18.8 Å². The molecule has 0 bridgehead atoms. The first kappa shape index (κ1) is 15.4. The van der Waals surface area contributed by atoms with Gasteiger partial charge < -0.3 is 5.32 Å². The van der Waals surface area contributed by atoms with Crippen molar-refractivity contribution < 1.29 is 8.78 Å². The van der Waals surface area contributed by atoms with Crippen molar-refractivity contribution in [1.29, 1.82) is 0 Å². The van der Waals surface area contributed by atoms with Crippen molar-refractivity contribution in [2.24, 2.45) is 10.8 Å². The highest BCUT2D eigenvalue weighted by molar-refractivity contribution is 4.96. The summed E-state index contributed by atoms with van der Waals surface area (Å²) in [6.07, 6.45) is 6.11. The minimum absolute atomic E-state index is 0.289. The fourth-order valence-electron chi connectivity index (χ4n) is 3.88. The molecule has 1 fully saturated rings. The van der Waals surface area contributed by atoms with E-state index < -0.39 is 6.55 Å². The normalized spacial score (nSPS) is 22.4. The van der Waals surface area contributed by atoms with E-state index in [1.54, 1.807) is 0 Å². The zero-order valence-corrected chi connectivity index (χ0v) is 12.8. The van der Waals surface area contributed by atoms with Crippen molar-refractivity contribution in [2.45, 2.75) is 66.1 Å². The molecule has 2 rings (SSSR count). The number of hydrogen-bond acceptors (Lipinski definition) is 2. The van der Waals surface area contributed by atoms with Crippen LogP contribution < -0.4 is 5.32 Å². The van der Waals surface area contributed by atoms with Crippen molar-refractivity contribution in [3.05, 3.63) is 18.2 Å². The monoisotopic (exact) mass is 285 g/mol. The van der Waals surface area contributed by atoms with Gasteiger partial charge in [0.15, 0.2) is 0 Å². The molecule has 0 spiro atoms. The van der Waals surface area contributed by atoms with Crippen LogP contribution in [0.3, 0.4) is 0 Å². The molecule has 1 aromatic rings. The topological polar surface area (TPSA) is 29.9 Å². The number of aromatic nitrogens is 2. The van der Waals surface area contributed by atoms with E-state index in [0.29, 0.717) is 18.4 Å². The van der Waals surface area contributed by atoms with Gasteiger partial charge in [0.1, 0.15) is 5.82 Å². The summed E-state index contributed by atoms with van der Waals surface area (Å²) in [5, 5.41) is 3.41. The Kier molecular flexibility index (Phi) is 4.19. The SMILES string of the molecule is CC1(C)CC(NCc2nccn2C(F)F)CC(C)(C)C1. The second kappa shape index (κ2) is 5.43. The molecular formula is C15H25F2N3. The Hall–Kier alpha value is -0.970. The second-order valence-corrected chi connectivity index (χ2v) is 7.52. The van der Waals surface area contributed by atoms with Crippen molar-refractivity contribution in [3.63, 3.8) is 0 Å². The molecule has 0 saturated heterocycles. The first-order chi connectivity index (χ1) is 9.19. The van der Waals surface area contributed by atoms with Crippen LogP contribution in [0.25, 0.3) is 0 Å². The quantitative estimate of drug-likeness (QED) is 0.907. The molecule has 0 atom stereocenters. The van der Waals surface area contributed by atoms with Gasteiger partial charge in [-0.3, -0.25) is 4.57 Å². The summed E-state index contributed by atoms with van der Waals surface area (Å²) >= 11 is 0. The van der Waals surface area contributed by atoms with Gasteiger partial charge in [-0.25, -0.2) is 4.98 Å². The zero-order valence-electron chi connectivity index (χ0n) is 12.8. The number of nitrogens with zero attached hydrogens (tertiary/aromatic N) is 2. The summed E-state index contributed by atoms with van der Waals surface area (Å²) in [4.78, 5) is 4.02. The van der Waals surface area contributed by atoms with E-state index in [0.717, 1.165) is 17.4 Å². The van der Waals surface area contributed by atoms with E-state index in [-0.39, 0.29) is 10.8 Å². The second-order valence-electron chi connectivity index (χ2n) is 7.52. The van der Waals surface area contributed by atoms with Crippen LogP contribution >= 0.6 is 0 Å². The summed E-state index contributed by atoms with van der Waals surface area (Å²) in [6, 6.07) is 0.358. The summed E-state index contributed by atoms with van der Waals surface area (Å²) < 4.78 is 26.5. The molecule has 5 heteroatoms. The molecule has 1 heterocycles. The van der Waals surface area contributed by atoms with Crippen LogP contribution in [0.1, 0.15) is 59.3 Å². The zero-order chi connectivity index (χ0) is 15.0. The highest BCUT2D eigenvalue weighted by atomic mass is 19.3. The van der Waals surface area contributed by atoms with Gasteiger partial charge in [-0.15, -0.1) is 0 Å². The minimum atomic E-state index is -2.52. The molecule has 0 radical (unpaired) electrons. The lowest BCUT2D eigenvalue weighted by molar-refractivity contribution is 0.0636. The van der Waals surface area contributed by atoms with E-state index in [2.05, 4.69) is 38.0 Å². The third-order valence-electron chi connectivity index (χ3n) is 4.06. The summed E-state index contributed by atoms with van der Waals surface area (Å²) in [6.45, 7) is 7.00. The molecule has 1 saturated carbocycles. The van der Waals surface area contributed by atoms with Gasteiger partial charge >= 0.3 is 6.55 Å². The van der Waals surface area contributed by atoms with Gasteiger partial charge in [0.2, 0.25) is 0 Å². The Morgan fingerprint density at radius 1 is 1.30 bits per heavy atom. The predicted molar refractivity (Wildman–Crippen MR) is 75.5 cm³/mol. The molecule has 0 aromatic carbocycles. The third-order valence-corrected chi connectivity index (χ3v) is 4.06. The first-order valence-electron chi connectivity index (χ1n) is 7.22. The molecule has 1 aliphatic carbocycles. The number of imidazole rings is 1. The van der Waals surface area contributed by atoms with Crippen LogP contribution in [0.5, 0.6) is 0 Å². The Balaban J connectivity index is 1.98. The number of hydrogen-bond donors (Lipinski definition) is 1. The summed E-state index contributed by atoms with van der Waals surface area (Å²) in [5.74, 6) is 0.404. The standard InChI is InChI=1S/C15H25F2N3/c1-14(2)7-11(8-15(3,4)10-14)19-9-12-18-5-6-20(12)13(16)17/h5-6,11,13,19H,7-10H2,1-4H3. The Bertz CT molecular complexity index is 436. The van der Waals surface area contributed by atoms with E-state index in [4.69, 9.17) is 0 Å². The van der Waals surface area contributed by atoms with E-state index in [9.17, 15) is 8.78 Å². The van der Waals surface area contributed by atoms with Gasteiger partial charge in [0.05, 0.1) is 6.54 Å². The Morgan fingerprint density at radius 2 is 1.90 bits per heavy atom. The lowest BCUT2D eigenvalue weighted by Crippen LogP contribution is -2.43. The van der Waals surface area contributed by atoms with Crippen molar-refractivity contribution in [3.8, 4) is 0 Å². The van der Waals surface area contributed by atoms with E-state index >= 15 is 0 Å². The van der Waals surface area contributed by atoms with Gasteiger partial charge in [0.25, 0.3) is 0 Å². The third kappa shape index (κ3) is 3.78. The Morgan fingerprint density at radius 3 is 2.45 bits per heavy atom. The molecule has 114 valence electrons. The molecule has 1 aliphatic rings. The number of rotatable bonds is 4. The lowest BCUT2D eigenvalue weighted by Gasteiger charge is -2.45. The van der Waals surface area contributed by atoms with Crippen LogP contribution in [0.4, 0.5) is 8.78 Å². The van der Waals surface area contributed by atoms with E-state index in [1.807, 2.05) is 0 Å². The largest absolute Gasteiger partial charge is 0.319 e. The smallest absolute Gasteiger partial charge is 0.307 e. The van der Waals surface area contributed by atoms with Gasteiger partial charge in [-0.1, -0.05) is 27.7 Å². The molecule has 0 amide bonds. The number of nitrogens with one attached hydrogen (secondary N) is 1. The molecular weight excluding hydrogens is 260 g/mol. The molecule has 0 unspecified atom stereocenters. The maximum Gasteiger partial charge on any atom is 0.319 e. The molecule has 1 N–H and O–H groups in total. The first-order valence-corrected chi connectivity index (χ1v) is 7.22. The molecule has 0 aliphatic heterocycles. The van der Waals surface area contributed by atoms with Crippen molar-refractivity contribution in [2.75, 3.05) is 0 Å².